The summed E-state index contributed by atoms with van der Waals surface area (Å²) < 4.78 is 40.5. The molecule has 0 aliphatic carbocycles. The van der Waals surface area contributed by atoms with Crippen LogP contribution in [0.25, 0.3) is 11.0 Å². The van der Waals surface area contributed by atoms with Crippen LogP contribution in [0, 0.1) is 11.3 Å². The highest BCUT2D eigenvalue weighted by molar-refractivity contribution is 6.30. The lowest BCUT2D eigenvalue weighted by molar-refractivity contribution is -0.142. The fourth-order valence-corrected chi connectivity index (χ4v) is 5.10. The Morgan fingerprint density at radius 2 is 2.03 bits per heavy atom. The summed E-state index contributed by atoms with van der Waals surface area (Å²) in [5.74, 6) is 0.586. The van der Waals surface area contributed by atoms with Gasteiger partial charge in [0.2, 0.25) is 11.9 Å². The minimum atomic E-state index is -4.48. The van der Waals surface area contributed by atoms with Crippen LogP contribution in [0.3, 0.4) is 0 Å². The number of anilines is 2. The summed E-state index contributed by atoms with van der Waals surface area (Å²) in [6.07, 6.45) is -0.0623. The molecule has 10 nitrogen and oxygen atoms in total. The molecule has 0 bridgehead atoms. The second-order valence-electron chi connectivity index (χ2n) is 9.71. The maximum Gasteiger partial charge on any atom is 0.408 e. The number of halogens is 4. The number of amides is 1. The quantitative estimate of drug-likeness (QED) is 0.401. The van der Waals surface area contributed by atoms with Crippen molar-refractivity contribution in [2.24, 2.45) is 0 Å². The van der Waals surface area contributed by atoms with Crippen molar-refractivity contribution in [1.29, 1.82) is 5.26 Å². The van der Waals surface area contributed by atoms with Crippen molar-refractivity contribution in [1.82, 2.24) is 30.4 Å². The molecule has 39 heavy (non-hydrogen) atoms. The average molecular weight is 562 g/mol. The molecule has 1 atom stereocenters. The molecule has 2 saturated heterocycles. The third-order valence-corrected chi connectivity index (χ3v) is 7.19. The zero-order chi connectivity index (χ0) is 27.6. The fraction of sp³-hybridized carbons (Fsp3) is 0.480. The summed E-state index contributed by atoms with van der Waals surface area (Å²) in [6.45, 7) is 0.798. The summed E-state index contributed by atoms with van der Waals surface area (Å²) in [7, 11) is 0. The number of nitriles is 1. The first-order chi connectivity index (χ1) is 18.7. The van der Waals surface area contributed by atoms with Gasteiger partial charge in [0.1, 0.15) is 12.4 Å². The Bertz CT molecular complexity index is 1390. The number of aromatic nitrogens is 4. The molecule has 1 unspecified atom stereocenters. The molecule has 2 fully saturated rings. The highest BCUT2D eigenvalue weighted by Gasteiger charge is 2.31. The molecule has 0 radical (unpaired) electrons. The van der Waals surface area contributed by atoms with E-state index in [0.29, 0.717) is 53.3 Å². The number of hydrogen-bond acceptors (Lipinski definition) is 8. The van der Waals surface area contributed by atoms with Gasteiger partial charge in [0.05, 0.1) is 29.3 Å². The van der Waals surface area contributed by atoms with Crippen molar-refractivity contribution in [3.8, 4) is 6.07 Å². The summed E-state index contributed by atoms with van der Waals surface area (Å²) in [6, 6.07) is 6.86. The van der Waals surface area contributed by atoms with Gasteiger partial charge < -0.3 is 20.9 Å². The van der Waals surface area contributed by atoms with Gasteiger partial charge in [-0.25, -0.2) is 4.68 Å². The number of carbonyl (C=O) groups is 1. The van der Waals surface area contributed by atoms with Gasteiger partial charge in [-0.2, -0.15) is 33.5 Å². The van der Waals surface area contributed by atoms with Gasteiger partial charge in [0.15, 0.2) is 5.65 Å². The van der Waals surface area contributed by atoms with Gasteiger partial charge in [-0.3, -0.25) is 4.79 Å². The van der Waals surface area contributed by atoms with E-state index >= 15 is 0 Å². The van der Waals surface area contributed by atoms with Crippen LogP contribution in [0.4, 0.5) is 24.9 Å². The molecule has 2 aromatic heterocycles. The Labute approximate surface area is 227 Å². The Morgan fingerprint density at radius 1 is 1.23 bits per heavy atom. The number of rotatable bonds is 7. The van der Waals surface area contributed by atoms with E-state index in [4.69, 9.17) is 11.6 Å². The van der Waals surface area contributed by atoms with Crippen LogP contribution in [0.15, 0.2) is 24.4 Å². The molecular formula is C25H27ClF3N9O. The molecule has 14 heteroatoms. The van der Waals surface area contributed by atoms with Crippen molar-refractivity contribution >= 4 is 40.3 Å². The molecule has 3 aromatic rings. The lowest BCUT2D eigenvalue weighted by Gasteiger charge is -2.33. The Morgan fingerprint density at radius 3 is 2.72 bits per heavy atom. The van der Waals surface area contributed by atoms with Gasteiger partial charge in [-0.15, -0.1) is 0 Å². The SMILES string of the molecule is N#Cc1cc(Cl)ccc1CNc1nc(N2CCC(NC(=O)C3CCCN3)CC2)nc2c1cnn2CC(F)(F)F. The molecule has 0 saturated carbocycles. The predicted octanol–water partition coefficient (Wildman–Crippen LogP) is 3.36. The lowest BCUT2D eigenvalue weighted by Crippen LogP contribution is -2.49. The number of alkyl halides is 3. The normalized spacial score (nSPS) is 18.3. The van der Waals surface area contributed by atoms with Crippen molar-refractivity contribution in [3.05, 3.63) is 40.5 Å². The van der Waals surface area contributed by atoms with E-state index in [1.165, 1.54) is 6.20 Å². The number of nitrogens with one attached hydrogen (secondary N) is 3. The van der Waals surface area contributed by atoms with Gasteiger partial charge in [-0.05, 0) is 49.9 Å². The van der Waals surface area contributed by atoms with Crippen LogP contribution in [-0.4, -0.2) is 63.5 Å². The average Bonchev–Trinajstić information content (AvgIpc) is 3.58. The summed E-state index contributed by atoms with van der Waals surface area (Å²) in [4.78, 5) is 23.5. The minimum absolute atomic E-state index is 0.00235. The van der Waals surface area contributed by atoms with E-state index < -0.39 is 12.7 Å². The molecule has 5 rings (SSSR count). The van der Waals surface area contributed by atoms with E-state index in [0.717, 1.165) is 24.1 Å². The first-order valence-electron chi connectivity index (χ1n) is 12.7. The second-order valence-corrected chi connectivity index (χ2v) is 10.1. The molecule has 1 aromatic carbocycles. The van der Waals surface area contributed by atoms with E-state index in [-0.39, 0.29) is 36.1 Å². The molecule has 1 amide bonds. The van der Waals surface area contributed by atoms with Crippen LogP contribution in [0.2, 0.25) is 5.02 Å². The third-order valence-electron chi connectivity index (χ3n) is 6.95. The Hall–Kier alpha value is -3.63. The Kier molecular flexibility index (Phi) is 7.76. The highest BCUT2D eigenvalue weighted by atomic mass is 35.5. The van der Waals surface area contributed by atoms with E-state index in [1.54, 1.807) is 18.2 Å². The predicted molar refractivity (Wildman–Crippen MR) is 139 cm³/mol. The van der Waals surface area contributed by atoms with Gasteiger partial charge in [0, 0.05) is 30.7 Å². The lowest BCUT2D eigenvalue weighted by atomic mass is 10.0. The molecule has 2 aliphatic heterocycles. The molecule has 2 aliphatic rings. The third kappa shape index (κ3) is 6.34. The van der Waals surface area contributed by atoms with Crippen molar-refractivity contribution in [3.63, 3.8) is 0 Å². The van der Waals surface area contributed by atoms with Crippen LogP contribution < -0.4 is 20.9 Å². The molecule has 0 spiro atoms. The van der Waals surface area contributed by atoms with E-state index in [1.807, 2.05) is 4.90 Å². The number of piperidine rings is 1. The molecule has 206 valence electrons. The van der Waals surface area contributed by atoms with E-state index in [2.05, 4.69) is 37.1 Å². The molecule has 4 heterocycles. The van der Waals surface area contributed by atoms with Gasteiger partial charge >= 0.3 is 6.18 Å². The number of benzene rings is 1. The largest absolute Gasteiger partial charge is 0.408 e. The maximum absolute atomic E-state index is 13.2. The van der Waals surface area contributed by atoms with Crippen LogP contribution in [0.1, 0.15) is 36.8 Å². The van der Waals surface area contributed by atoms with Crippen molar-refractivity contribution in [2.45, 2.75) is 57.0 Å². The topological polar surface area (TPSA) is 124 Å². The Balaban J connectivity index is 1.37. The second kappa shape index (κ2) is 11.2. The monoisotopic (exact) mass is 561 g/mol. The van der Waals surface area contributed by atoms with Gasteiger partial charge in [0.25, 0.3) is 0 Å². The first-order valence-corrected chi connectivity index (χ1v) is 13.1. The summed E-state index contributed by atoms with van der Waals surface area (Å²) in [5.41, 5.74) is 1.09. The summed E-state index contributed by atoms with van der Waals surface area (Å²) in [5, 5.41) is 23.6. The number of nitrogens with zero attached hydrogens (tertiary/aromatic N) is 6. The zero-order valence-electron chi connectivity index (χ0n) is 20.9. The van der Waals surface area contributed by atoms with Crippen LogP contribution in [0.5, 0.6) is 0 Å². The zero-order valence-corrected chi connectivity index (χ0v) is 21.7. The van der Waals surface area contributed by atoms with Crippen LogP contribution in [-0.2, 0) is 17.9 Å². The number of hydrogen-bond donors (Lipinski definition) is 3. The molecular weight excluding hydrogens is 535 g/mol. The van der Waals surface area contributed by atoms with Crippen LogP contribution >= 0.6 is 11.6 Å². The standard InChI is InChI=1S/C25H27ClF3N9O/c26-17-4-3-15(16(10-17)11-30)12-32-21-19-13-33-38(14-25(27,28)29)22(19)36-24(35-21)37-8-5-18(6-9-37)34-23(39)20-2-1-7-31-20/h3-4,10,13,18,20,31H,1-2,5-9,12,14H2,(H,34,39)(H,32,35,36). The smallest absolute Gasteiger partial charge is 0.365 e. The van der Waals surface area contributed by atoms with E-state index in [9.17, 15) is 23.2 Å². The number of carbonyl (C=O) groups excluding carboxylic acids is 1. The minimum Gasteiger partial charge on any atom is -0.365 e. The van der Waals surface area contributed by atoms with Crippen molar-refractivity contribution < 1.29 is 18.0 Å². The maximum atomic E-state index is 13.2. The molecule has 3 N–H and O–H groups in total. The van der Waals surface area contributed by atoms with Gasteiger partial charge in [-0.1, -0.05) is 17.7 Å². The van der Waals surface area contributed by atoms with Crippen molar-refractivity contribution in [2.75, 3.05) is 29.9 Å². The summed E-state index contributed by atoms with van der Waals surface area (Å²) >= 11 is 6.00. The number of fused-ring (bicyclic) bond motifs is 1. The first kappa shape index (κ1) is 27.0. The highest BCUT2D eigenvalue weighted by Crippen LogP contribution is 2.28. The fourth-order valence-electron chi connectivity index (χ4n) is 4.93.